The molecule has 17 heavy (non-hydrogen) atoms. The first-order valence-corrected chi connectivity index (χ1v) is 6.34. The van der Waals surface area contributed by atoms with E-state index < -0.39 is 0 Å². The first-order chi connectivity index (χ1) is 8.18. The average Bonchev–Trinajstić information content (AvgIpc) is 2.60. The summed E-state index contributed by atoms with van der Waals surface area (Å²) in [6.07, 6.45) is 4.41. The molecule has 2 rings (SSSR count). The number of carbonyl (C=O) groups is 1. The molecule has 0 saturated carbocycles. The van der Waals surface area contributed by atoms with Crippen molar-refractivity contribution in [2.24, 2.45) is 0 Å². The van der Waals surface area contributed by atoms with Gasteiger partial charge in [-0.3, -0.25) is 4.79 Å². The van der Waals surface area contributed by atoms with Gasteiger partial charge in [-0.05, 0) is 31.0 Å². The predicted molar refractivity (Wildman–Crippen MR) is 67.5 cm³/mol. The summed E-state index contributed by atoms with van der Waals surface area (Å²) >= 11 is 5.85. The highest BCUT2D eigenvalue weighted by Gasteiger charge is 2.20. The van der Waals surface area contributed by atoms with Crippen molar-refractivity contribution in [3.8, 4) is 5.75 Å². The third kappa shape index (κ3) is 2.91. The van der Waals surface area contributed by atoms with Crippen LogP contribution in [0.25, 0.3) is 0 Å². The third-order valence-corrected chi connectivity index (χ3v) is 3.32. The van der Waals surface area contributed by atoms with Gasteiger partial charge >= 0.3 is 0 Å². The van der Waals surface area contributed by atoms with Crippen LogP contribution in [0, 0.1) is 0 Å². The van der Waals surface area contributed by atoms with Crippen LogP contribution in [-0.2, 0) is 0 Å². The highest BCUT2D eigenvalue weighted by atomic mass is 35.5. The quantitative estimate of drug-likeness (QED) is 0.836. The number of phenolic OH excluding ortho intramolecular Hbond substituents is 1. The lowest BCUT2D eigenvalue weighted by Gasteiger charge is -2.20. The molecule has 1 aromatic carbocycles. The molecule has 0 unspecified atom stereocenters. The van der Waals surface area contributed by atoms with Crippen molar-refractivity contribution in [1.82, 2.24) is 4.90 Å². The summed E-state index contributed by atoms with van der Waals surface area (Å²) in [6, 6.07) is 4.58. The molecule has 1 heterocycles. The number of rotatable bonds is 1. The Hall–Kier alpha value is -1.22. The standard InChI is InChI=1S/C13H16ClNO2/c14-10-5-6-12(16)11(9-10)13(17)15-7-3-1-2-4-8-15/h5-6,9,16H,1-4,7-8H2. The van der Waals surface area contributed by atoms with Gasteiger partial charge in [-0.1, -0.05) is 24.4 Å². The largest absolute Gasteiger partial charge is 0.507 e. The summed E-state index contributed by atoms with van der Waals surface area (Å²) in [4.78, 5) is 14.0. The van der Waals surface area contributed by atoms with E-state index >= 15 is 0 Å². The van der Waals surface area contributed by atoms with Crippen LogP contribution in [0.2, 0.25) is 5.02 Å². The van der Waals surface area contributed by atoms with Crippen molar-refractivity contribution >= 4 is 17.5 Å². The molecular weight excluding hydrogens is 238 g/mol. The highest BCUT2D eigenvalue weighted by Crippen LogP contribution is 2.24. The summed E-state index contributed by atoms with van der Waals surface area (Å²) in [5, 5.41) is 10.2. The molecule has 0 aromatic heterocycles. The van der Waals surface area contributed by atoms with Gasteiger partial charge in [-0.2, -0.15) is 0 Å². The van der Waals surface area contributed by atoms with Crippen molar-refractivity contribution in [2.75, 3.05) is 13.1 Å². The number of phenols is 1. The van der Waals surface area contributed by atoms with Gasteiger partial charge in [0.15, 0.2) is 0 Å². The van der Waals surface area contributed by atoms with Gasteiger partial charge in [0.05, 0.1) is 5.56 Å². The van der Waals surface area contributed by atoms with Crippen molar-refractivity contribution < 1.29 is 9.90 Å². The second-order valence-corrected chi connectivity index (χ2v) is 4.80. The molecule has 1 aliphatic rings. The van der Waals surface area contributed by atoms with E-state index in [1.54, 1.807) is 11.0 Å². The minimum absolute atomic E-state index is 0.00338. The minimum atomic E-state index is -0.119. The Morgan fingerprint density at radius 1 is 1.18 bits per heavy atom. The zero-order valence-corrected chi connectivity index (χ0v) is 10.4. The minimum Gasteiger partial charge on any atom is -0.507 e. The number of halogens is 1. The van der Waals surface area contributed by atoms with Gasteiger partial charge in [-0.15, -0.1) is 0 Å². The monoisotopic (exact) mass is 253 g/mol. The molecule has 0 aliphatic carbocycles. The zero-order valence-electron chi connectivity index (χ0n) is 9.66. The van der Waals surface area contributed by atoms with Gasteiger partial charge in [0.2, 0.25) is 0 Å². The molecule has 0 spiro atoms. The summed E-state index contributed by atoms with van der Waals surface area (Å²) in [6.45, 7) is 1.54. The SMILES string of the molecule is O=C(c1cc(Cl)ccc1O)N1CCCCCC1. The van der Waals surface area contributed by atoms with Crippen molar-refractivity contribution in [3.63, 3.8) is 0 Å². The Kier molecular flexibility index (Phi) is 3.89. The molecule has 0 bridgehead atoms. The molecule has 1 amide bonds. The fourth-order valence-electron chi connectivity index (χ4n) is 2.12. The molecular formula is C13H16ClNO2. The van der Waals surface area contributed by atoms with Gasteiger partial charge in [-0.25, -0.2) is 0 Å². The third-order valence-electron chi connectivity index (χ3n) is 3.08. The second kappa shape index (κ2) is 5.41. The van der Waals surface area contributed by atoms with E-state index in [4.69, 9.17) is 11.6 Å². The highest BCUT2D eigenvalue weighted by molar-refractivity contribution is 6.31. The predicted octanol–water partition coefficient (Wildman–Crippen LogP) is 3.06. The van der Waals surface area contributed by atoms with Crippen LogP contribution in [0.4, 0.5) is 0 Å². The topological polar surface area (TPSA) is 40.5 Å². The Morgan fingerprint density at radius 3 is 2.47 bits per heavy atom. The zero-order chi connectivity index (χ0) is 12.3. The lowest BCUT2D eigenvalue weighted by molar-refractivity contribution is 0.0758. The van der Waals surface area contributed by atoms with Crippen LogP contribution >= 0.6 is 11.6 Å². The molecule has 1 aromatic rings. The van der Waals surface area contributed by atoms with Crippen LogP contribution in [0.5, 0.6) is 5.75 Å². The molecule has 1 fully saturated rings. The van der Waals surface area contributed by atoms with E-state index in [1.807, 2.05) is 0 Å². The van der Waals surface area contributed by atoms with Gasteiger partial charge in [0, 0.05) is 18.1 Å². The van der Waals surface area contributed by atoms with E-state index in [1.165, 1.54) is 25.0 Å². The van der Waals surface area contributed by atoms with Gasteiger partial charge < -0.3 is 10.0 Å². The van der Waals surface area contributed by atoms with Crippen LogP contribution in [0.15, 0.2) is 18.2 Å². The Balaban J connectivity index is 2.20. The Morgan fingerprint density at radius 2 is 1.82 bits per heavy atom. The number of aromatic hydroxyl groups is 1. The number of hydrogen-bond acceptors (Lipinski definition) is 2. The fourth-order valence-corrected chi connectivity index (χ4v) is 2.30. The summed E-state index contributed by atoms with van der Waals surface area (Å²) < 4.78 is 0. The van der Waals surface area contributed by atoms with E-state index in [0.29, 0.717) is 10.6 Å². The second-order valence-electron chi connectivity index (χ2n) is 4.37. The van der Waals surface area contributed by atoms with Crippen LogP contribution in [-0.4, -0.2) is 29.0 Å². The van der Waals surface area contributed by atoms with Crippen molar-refractivity contribution in [3.05, 3.63) is 28.8 Å². The normalized spacial score (nSPS) is 16.6. The van der Waals surface area contributed by atoms with Crippen LogP contribution < -0.4 is 0 Å². The smallest absolute Gasteiger partial charge is 0.257 e. The molecule has 1 N–H and O–H groups in total. The number of benzene rings is 1. The van der Waals surface area contributed by atoms with Crippen molar-refractivity contribution in [2.45, 2.75) is 25.7 Å². The summed E-state index contributed by atoms with van der Waals surface area (Å²) in [5.41, 5.74) is 0.305. The van der Waals surface area contributed by atoms with Crippen LogP contribution in [0.3, 0.4) is 0 Å². The molecule has 0 radical (unpaired) electrons. The summed E-state index contributed by atoms with van der Waals surface area (Å²) in [7, 11) is 0. The van der Waals surface area contributed by atoms with E-state index in [2.05, 4.69) is 0 Å². The molecule has 4 heteroatoms. The molecule has 3 nitrogen and oxygen atoms in total. The number of nitrogens with zero attached hydrogens (tertiary/aromatic N) is 1. The number of likely N-dealkylation sites (tertiary alicyclic amines) is 1. The lowest BCUT2D eigenvalue weighted by atomic mass is 10.1. The molecule has 1 saturated heterocycles. The van der Waals surface area contributed by atoms with E-state index in [-0.39, 0.29) is 11.7 Å². The number of carbonyl (C=O) groups excluding carboxylic acids is 1. The van der Waals surface area contributed by atoms with Crippen molar-refractivity contribution in [1.29, 1.82) is 0 Å². The maximum absolute atomic E-state index is 12.2. The maximum atomic E-state index is 12.2. The summed E-state index contributed by atoms with van der Waals surface area (Å²) in [5.74, 6) is -0.115. The Bertz CT molecular complexity index is 412. The molecule has 92 valence electrons. The first-order valence-electron chi connectivity index (χ1n) is 5.96. The maximum Gasteiger partial charge on any atom is 0.257 e. The van der Waals surface area contributed by atoms with E-state index in [0.717, 1.165) is 25.9 Å². The van der Waals surface area contributed by atoms with E-state index in [9.17, 15) is 9.90 Å². The first kappa shape index (κ1) is 12.2. The Labute approximate surface area is 106 Å². The lowest BCUT2D eigenvalue weighted by Crippen LogP contribution is -2.31. The number of amides is 1. The average molecular weight is 254 g/mol. The van der Waals surface area contributed by atoms with Gasteiger partial charge in [0.1, 0.15) is 5.75 Å². The number of hydrogen-bond donors (Lipinski definition) is 1. The molecule has 0 atom stereocenters. The van der Waals surface area contributed by atoms with Gasteiger partial charge in [0.25, 0.3) is 5.91 Å². The fraction of sp³-hybridized carbons (Fsp3) is 0.462. The molecule has 1 aliphatic heterocycles. The van der Waals surface area contributed by atoms with Crippen LogP contribution in [0.1, 0.15) is 36.0 Å².